The number of aryl methyl sites for hydroxylation is 1. The van der Waals surface area contributed by atoms with Crippen LogP contribution in [-0.4, -0.2) is 13.4 Å². The van der Waals surface area contributed by atoms with Gasteiger partial charge in [-0.25, -0.2) is 17.8 Å². The average molecular weight is 374 g/mol. The molecule has 0 amide bonds. The molecule has 112 valence electrons. The molecule has 8 heteroatoms. The molecule has 1 aromatic carbocycles. The smallest absolute Gasteiger partial charge is 0.265 e. The van der Waals surface area contributed by atoms with Crippen LogP contribution in [0.3, 0.4) is 0 Å². The zero-order valence-corrected chi connectivity index (χ0v) is 13.5. The fourth-order valence-electron chi connectivity index (χ4n) is 1.72. The second kappa shape index (κ2) is 6.08. The van der Waals surface area contributed by atoms with Gasteiger partial charge < -0.3 is 5.73 Å². The lowest BCUT2D eigenvalue weighted by atomic mass is 10.2. The number of anilines is 1. The van der Waals surface area contributed by atoms with Gasteiger partial charge in [0.15, 0.2) is 0 Å². The Labute approximate surface area is 130 Å². The Morgan fingerprint density at radius 1 is 1.38 bits per heavy atom. The molecule has 0 atom stereocenters. The Kier molecular flexibility index (Phi) is 4.60. The molecule has 21 heavy (non-hydrogen) atoms. The average Bonchev–Trinajstić information content (AvgIpc) is 2.41. The first kappa shape index (κ1) is 15.9. The Hall–Kier alpha value is -1.51. The number of nitrogens with zero attached hydrogens (tertiary/aromatic N) is 1. The van der Waals surface area contributed by atoms with Gasteiger partial charge in [-0.15, -0.1) is 0 Å². The molecule has 2 aromatic rings. The van der Waals surface area contributed by atoms with Crippen molar-refractivity contribution in [1.82, 2.24) is 4.98 Å². The van der Waals surface area contributed by atoms with Gasteiger partial charge in [-0.3, -0.25) is 4.72 Å². The number of pyridine rings is 1. The lowest BCUT2D eigenvalue weighted by Crippen LogP contribution is -2.16. The van der Waals surface area contributed by atoms with Crippen LogP contribution in [-0.2, 0) is 16.6 Å². The van der Waals surface area contributed by atoms with Gasteiger partial charge in [0, 0.05) is 17.2 Å². The zero-order valence-electron chi connectivity index (χ0n) is 11.1. The van der Waals surface area contributed by atoms with E-state index < -0.39 is 20.7 Å². The number of sulfonamides is 1. The van der Waals surface area contributed by atoms with E-state index in [9.17, 15) is 12.8 Å². The molecule has 0 radical (unpaired) electrons. The van der Waals surface area contributed by atoms with Crippen LogP contribution in [0.2, 0.25) is 0 Å². The second-order valence-corrected chi connectivity index (χ2v) is 6.96. The lowest BCUT2D eigenvalue weighted by Gasteiger charge is -2.11. The van der Waals surface area contributed by atoms with E-state index in [4.69, 9.17) is 5.73 Å². The Bertz CT molecular complexity index is 781. The summed E-state index contributed by atoms with van der Waals surface area (Å²) in [4.78, 5) is 3.53. The summed E-state index contributed by atoms with van der Waals surface area (Å²) in [6.07, 6.45) is 1.46. The predicted molar refractivity (Wildman–Crippen MR) is 81.8 cm³/mol. The second-order valence-electron chi connectivity index (χ2n) is 4.39. The quantitative estimate of drug-likeness (QED) is 0.862. The highest BCUT2D eigenvalue weighted by molar-refractivity contribution is 9.10. The maximum Gasteiger partial charge on any atom is 0.265 e. The molecule has 0 aliphatic heterocycles. The van der Waals surface area contributed by atoms with Crippen LogP contribution < -0.4 is 10.5 Å². The largest absolute Gasteiger partial charge is 0.326 e. The van der Waals surface area contributed by atoms with E-state index in [1.165, 1.54) is 18.3 Å². The molecule has 1 aromatic heterocycles. The van der Waals surface area contributed by atoms with Crippen molar-refractivity contribution in [3.8, 4) is 0 Å². The van der Waals surface area contributed by atoms with Crippen molar-refractivity contribution in [2.24, 2.45) is 5.73 Å². The molecule has 3 N–H and O–H groups in total. The van der Waals surface area contributed by atoms with Crippen LogP contribution in [0.4, 0.5) is 10.2 Å². The standard InChI is InChI=1S/C13H13BrFN3O2S/c1-8-4-10(14)7-17-13(8)18-21(19,20)12-3-2-9(6-16)5-11(12)15/h2-5,7H,6,16H2,1H3,(H,17,18). The minimum atomic E-state index is -4.05. The van der Waals surface area contributed by atoms with Gasteiger partial charge in [0.1, 0.15) is 16.5 Å². The third-order valence-corrected chi connectivity index (χ3v) is 4.60. The lowest BCUT2D eigenvalue weighted by molar-refractivity contribution is 0.569. The molecule has 0 fully saturated rings. The molecular weight excluding hydrogens is 361 g/mol. The minimum Gasteiger partial charge on any atom is -0.326 e. The van der Waals surface area contributed by atoms with Gasteiger partial charge in [0.05, 0.1) is 0 Å². The van der Waals surface area contributed by atoms with E-state index in [-0.39, 0.29) is 12.4 Å². The zero-order chi connectivity index (χ0) is 15.6. The molecule has 0 unspecified atom stereocenters. The third kappa shape index (κ3) is 3.58. The van der Waals surface area contributed by atoms with Crippen LogP contribution in [0.5, 0.6) is 0 Å². The van der Waals surface area contributed by atoms with Gasteiger partial charge in [-0.05, 0) is 52.2 Å². The summed E-state index contributed by atoms with van der Waals surface area (Å²) >= 11 is 3.24. The summed E-state index contributed by atoms with van der Waals surface area (Å²) in [6, 6.07) is 5.47. The van der Waals surface area contributed by atoms with E-state index in [0.29, 0.717) is 11.1 Å². The fraction of sp³-hybridized carbons (Fsp3) is 0.154. The van der Waals surface area contributed by atoms with E-state index in [2.05, 4.69) is 25.6 Å². The van der Waals surface area contributed by atoms with E-state index in [0.717, 1.165) is 10.5 Å². The maximum absolute atomic E-state index is 13.9. The minimum absolute atomic E-state index is 0.137. The van der Waals surface area contributed by atoms with Gasteiger partial charge in [-0.1, -0.05) is 6.07 Å². The molecule has 0 aliphatic rings. The molecule has 0 saturated carbocycles. The number of hydrogen-bond donors (Lipinski definition) is 2. The summed E-state index contributed by atoms with van der Waals surface area (Å²) in [7, 11) is -4.05. The van der Waals surface area contributed by atoms with E-state index >= 15 is 0 Å². The molecule has 0 bridgehead atoms. The molecule has 2 rings (SSSR count). The van der Waals surface area contributed by atoms with Crippen LogP contribution in [0, 0.1) is 12.7 Å². The normalized spacial score (nSPS) is 11.4. The highest BCUT2D eigenvalue weighted by Gasteiger charge is 2.20. The molecule has 0 aliphatic carbocycles. The van der Waals surface area contributed by atoms with Gasteiger partial charge >= 0.3 is 0 Å². The first-order valence-corrected chi connectivity index (χ1v) is 8.24. The monoisotopic (exact) mass is 373 g/mol. The first-order chi connectivity index (χ1) is 9.83. The Morgan fingerprint density at radius 2 is 2.10 bits per heavy atom. The van der Waals surface area contributed by atoms with Crippen molar-refractivity contribution >= 4 is 31.8 Å². The molecule has 0 saturated heterocycles. The van der Waals surface area contributed by atoms with Crippen molar-refractivity contribution in [2.45, 2.75) is 18.4 Å². The summed E-state index contributed by atoms with van der Waals surface area (Å²) in [6.45, 7) is 1.83. The molecule has 0 spiro atoms. The highest BCUT2D eigenvalue weighted by atomic mass is 79.9. The molecule has 1 heterocycles. The van der Waals surface area contributed by atoms with Crippen molar-refractivity contribution in [2.75, 3.05) is 4.72 Å². The number of rotatable bonds is 4. The topological polar surface area (TPSA) is 85.1 Å². The van der Waals surface area contributed by atoms with Gasteiger partial charge in [0.25, 0.3) is 10.0 Å². The number of benzene rings is 1. The van der Waals surface area contributed by atoms with E-state index in [1.54, 1.807) is 13.0 Å². The van der Waals surface area contributed by atoms with Crippen molar-refractivity contribution in [3.05, 3.63) is 51.9 Å². The predicted octanol–water partition coefficient (Wildman–Crippen LogP) is 2.55. The maximum atomic E-state index is 13.9. The van der Waals surface area contributed by atoms with Crippen LogP contribution in [0.15, 0.2) is 39.8 Å². The number of nitrogens with one attached hydrogen (secondary N) is 1. The number of hydrogen-bond acceptors (Lipinski definition) is 4. The third-order valence-electron chi connectivity index (χ3n) is 2.80. The summed E-state index contributed by atoms with van der Waals surface area (Å²) in [5.74, 6) is -0.694. The number of aromatic nitrogens is 1. The SMILES string of the molecule is Cc1cc(Br)cnc1NS(=O)(=O)c1ccc(CN)cc1F. The molecule has 5 nitrogen and oxygen atoms in total. The van der Waals surface area contributed by atoms with Crippen molar-refractivity contribution in [1.29, 1.82) is 0 Å². The van der Waals surface area contributed by atoms with E-state index in [1.807, 2.05) is 0 Å². The summed E-state index contributed by atoms with van der Waals surface area (Å²) < 4.78 is 41.3. The fourth-order valence-corrected chi connectivity index (χ4v) is 3.31. The van der Waals surface area contributed by atoms with Crippen LogP contribution >= 0.6 is 15.9 Å². The summed E-state index contributed by atoms with van der Waals surface area (Å²) in [5.41, 5.74) is 6.52. The Balaban J connectivity index is 2.38. The number of nitrogens with two attached hydrogens (primary N) is 1. The van der Waals surface area contributed by atoms with Crippen LogP contribution in [0.25, 0.3) is 0 Å². The van der Waals surface area contributed by atoms with Gasteiger partial charge in [-0.2, -0.15) is 0 Å². The van der Waals surface area contributed by atoms with Gasteiger partial charge in [0.2, 0.25) is 0 Å². The highest BCUT2D eigenvalue weighted by Crippen LogP contribution is 2.22. The van der Waals surface area contributed by atoms with Crippen molar-refractivity contribution in [3.63, 3.8) is 0 Å². The Morgan fingerprint density at radius 3 is 2.67 bits per heavy atom. The first-order valence-electron chi connectivity index (χ1n) is 5.97. The van der Waals surface area contributed by atoms with Crippen LogP contribution in [0.1, 0.15) is 11.1 Å². The molecular formula is C13H13BrFN3O2S. The van der Waals surface area contributed by atoms with Crippen molar-refractivity contribution < 1.29 is 12.8 Å². The number of halogens is 2. The summed E-state index contributed by atoms with van der Waals surface area (Å²) in [5, 5.41) is 0.